The van der Waals surface area contributed by atoms with Crippen LogP contribution in [0.2, 0.25) is 0 Å². The van der Waals surface area contributed by atoms with Crippen LogP contribution < -0.4 is 4.90 Å². The molecule has 120 valence electrons. The summed E-state index contributed by atoms with van der Waals surface area (Å²) in [6.07, 6.45) is 1.65. The largest absolute Gasteiger partial charge is 0.277 e. The summed E-state index contributed by atoms with van der Waals surface area (Å²) in [7, 11) is 0. The van der Waals surface area contributed by atoms with E-state index in [2.05, 4.69) is 15.2 Å². The van der Waals surface area contributed by atoms with Crippen molar-refractivity contribution in [3.8, 4) is 0 Å². The highest BCUT2D eigenvalue weighted by Crippen LogP contribution is 2.43. The number of nitro benzene ring substituents is 1. The Kier molecular flexibility index (Phi) is 3.42. The Bertz CT molecular complexity index is 940. The van der Waals surface area contributed by atoms with Gasteiger partial charge in [-0.1, -0.05) is 0 Å². The van der Waals surface area contributed by atoms with Gasteiger partial charge in [0.15, 0.2) is 11.5 Å². The van der Waals surface area contributed by atoms with Gasteiger partial charge in [0.05, 0.1) is 16.1 Å². The first-order chi connectivity index (χ1) is 11.6. The molecule has 1 aliphatic rings. The van der Waals surface area contributed by atoms with Crippen molar-refractivity contribution < 1.29 is 9.72 Å². The monoisotopic (exact) mass is 341 g/mol. The molecule has 0 spiro atoms. The molecule has 9 heteroatoms. The number of nitrogens with one attached hydrogen (secondary N) is 1. The number of hydrogen-bond acceptors (Lipinski definition) is 6. The molecule has 0 radical (unpaired) electrons. The summed E-state index contributed by atoms with van der Waals surface area (Å²) < 4.78 is 0. The van der Waals surface area contributed by atoms with Crippen LogP contribution >= 0.6 is 11.8 Å². The average Bonchev–Trinajstić information content (AvgIpc) is 3.18. The third kappa shape index (κ3) is 2.29. The molecule has 1 saturated heterocycles. The fourth-order valence-corrected chi connectivity index (χ4v) is 3.84. The van der Waals surface area contributed by atoms with Crippen LogP contribution in [0.3, 0.4) is 0 Å². The molecule has 1 aromatic carbocycles. The summed E-state index contributed by atoms with van der Waals surface area (Å²) >= 11 is 1.46. The number of benzene rings is 1. The van der Waals surface area contributed by atoms with Crippen LogP contribution in [0.4, 0.5) is 11.5 Å². The molecule has 0 unspecified atom stereocenters. The molecule has 1 N–H and O–H groups in total. The van der Waals surface area contributed by atoms with Crippen LogP contribution in [0, 0.1) is 10.1 Å². The molecular formula is C15H11N5O3S. The van der Waals surface area contributed by atoms with E-state index in [1.54, 1.807) is 29.3 Å². The van der Waals surface area contributed by atoms with Gasteiger partial charge in [-0.25, -0.2) is 4.98 Å². The van der Waals surface area contributed by atoms with E-state index in [4.69, 9.17) is 0 Å². The van der Waals surface area contributed by atoms with Gasteiger partial charge in [0, 0.05) is 18.3 Å². The van der Waals surface area contributed by atoms with Crippen molar-refractivity contribution >= 4 is 40.2 Å². The van der Waals surface area contributed by atoms with E-state index in [1.807, 2.05) is 6.07 Å². The molecule has 1 aliphatic heterocycles. The van der Waals surface area contributed by atoms with Gasteiger partial charge in [0.25, 0.3) is 5.69 Å². The first-order valence-corrected chi connectivity index (χ1v) is 8.17. The van der Waals surface area contributed by atoms with Crippen molar-refractivity contribution in [3.63, 3.8) is 0 Å². The zero-order chi connectivity index (χ0) is 16.7. The molecule has 4 rings (SSSR count). The molecule has 1 amide bonds. The van der Waals surface area contributed by atoms with Crippen LogP contribution in [0.5, 0.6) is 0 Å². The number of nitro groups is 1. The summed E-state index contributed by atoms with van der Waals surface area (Å²) in [6, 6.07) is 9.88. The van der Waals surface area contributed by atoms with Crippen molar-refractivity contribution in [3.05, 3.63) is 58.3 Å². The molecule has 1 atom stereocenters. The molecular weight excluding hydrogens is 330 g/mol. The Morgan fingerprint density at radius 3 is 2.83 bits per heavy atom. The number of non-ortho nitro benzene ring substituents is 1. The molecule has 1 fully saturated rings. The molecule has 0 aliphatic carbocycles. The van der Waals surface area contributed by atoms with E-state index >= 15 is 0 Å². The number of hydrogen-bond donors (Lipinski definition) is 1. The van der Waals surface area contributed by atoms with Crippen LogP contribution in [0.15, 0.2) is 42.6 Å². The van der Waals surface area contributed by atoms with Crippen LogP contribution in [-0.4, -0.2) is 31.8 Å². The molecule has 0 bridgehead atoms. The van der Waals surface area contributed by atoms with Gasteiger partial charge in [0.1, 0.15) is 5.37 Å². The highest BCUT2D eigenvalue weighted by Gasteiger charge is 2.36. The smallest absolute Gasteiger partial charge is 0.269 e. The van der Waals surface area contributed by atoms with Gasteiger partial charge in [-0.2, -0.15) is 5.10 Å². The van der Waals surface area contributed by atoms with Crippen molar-refractivity contribution in [1.82, 2.24) is 15.2 Å². The summed E-state index contributed by atoms with van der Waals surface area (Å²) in [5, 5.41) is 18.4. The minimum absolute atomic E-state index is 0.0223. The minimum atomic E-state index is -0.443. The number of fused-ring (bicyclic) bond motifs is 1. The third-order valence-corrected chi connectivity index (χ3v) is 5.01. The number of H-pyrrole nitrogens is 1. The molecule has 8 nitrogen and oxygen atoms in total. The molecule has 3 aromatic rings. The van der Waals surface area contributed by atoms with Gasteiger partial charge >= 0.3 is 0 Å². The summed E-state index contributed by atoms with van der Waals surface area (Å²) in [4.78, 5) is 28.6. The summed E-state index contributed by atoms with van der Waals surface area (Å²) in [5.74, 6) is 0.799. The lowest BCUT2D eigenvalue weighted by Crippen LogP contribution is -2.28. The fraction of sp³-hybridized carbons (Fsp3) is 0.133. The third-order valence-electron chi connectivity index (χ3n) is 3.80. The van der Waals surface area contributed by atoms with Gasteiger partial charge in [-0.3, -0.25) is 24.9 Å². The first kappa shape index (κ1) is 14.6. The van der Waals surface area contributed by atoms with E-state index in [0.717, 1.165) is 10.9 Å². The minimum Gasteiger partial charge on any atom is -0.277 e. The number of thioether (sulfide) groups is 1. The zero-order valence-corrected chi connectivity index (χ0v) is 13.1. The van der Waals surface area contributed by atoms with E-state index in [0.29, 0.717) is 17.2 Å². The van der Waals surface area contributed by atoms with Crippen LogP contribution in [0.1, 0.15) is 10.9 Å². The Balaban J connectivity index is 1.75. The number of pyridine rings is 1. The number of carbonyl (C=O) groups excluding carboxylic acids is 1. The van der Waals surface area contributed by atoms with E-state index in [1.165, 1.54) is 23.9 Å². The maximum absolute atomic E-state index is 12.4. The molecule has 3 heterocycles. The zero-order valence-electron chi connectivity index (χ0n) is 12.2. The topological polar surface area (TPSA) is 105 Å². The number of anilines is 1. The Hall–Kier alpha value is -2.94. The molecule has 24 heavy (non-hydrogen) atoms. The highest BCUT2D eigenvalue weighted by atomic mass is 32.2. The number of aromatic nitrogens is 3. The number of amides is 1. The second-order valence-corrected chi connectivity index (χ2v) is 6.29. The van der Waals surface area contributed by atoms with Gasteiger partial charge < -0.3 is 0 Å². The number of aromatic amines is 1. The number of rotatable bonds is 3. The second-order valence-electron chi connectivity index (χ2n) is 5.22. The van der Waals surface area contributed by atoms with Crippen molar-refractivity contribution in [2.24, 2.45) is 0 Å². The lowest BCUT2D eigenvalue weighted by atomic mass is 10.2. The van der Waals surface area contributed by atoms with E-state index < -0.39 is 4.92 Å². The summed E-state index contributed by atoms with van der Waals surface area (Å²) in [5.41, 5.74) is 1.45. The Morgan fingerprint density at radius 2 is 2.08 bits per heavy atom. The Labute approximate surface area is 140 Å². The average molecular weight is 341 g/mol. The SMILES string of the molecule is O=C1CS[C@@H](c2ccc([N+](=O)[O-])cc2)N1c1n[nH]c2ncccc12. The van der Waals surface area contributed by atoms with Crippen LogP contribution in [-0.2, 0) is 4.79 Å². The van der Waals surface area contributed by atoms with Gasteiger partial charge in [-0.15, -0.1) is 11.8 Å². The second kappa shape index (κ2) is 5.60. The summed E-state index contributed by atoms with van der Waals surface area (Å²) in [6.45, 7) is 0. The standard InChI is InChI=1S/C15H11N5O3S/c21-12-8-24-15(9-3-5-10(6-4-9)20(22)23)19(12)14-11-2-1-7-16-13(11)17-18-14/h1-7,15H,8H2,(H,16,17,18)/t15-/m0/s1. The van der Waals surface area contributed by atoms with E-state index in [-0.39, 0.29) is 17.0 Å². The van der Waals surface area contributed by atoms with E-state index in [9.17, 15) is 14.9 Å². The lowest BCUT2D eigenvalue weighted by Gasteiger charge is -2.22. The maximum Gasteiger partial charge on any atom is 0.269 e. The number of nitrogens with zero attached hydrogens (tertiary/aromatic N) is 4. The van der Waals surface area contributed by atoms with Crippen molar-refractivity contribution in [2.75, 3.05) is 10.7 Å². The normalized spacial score (nSPS) is 17.6. The van der Waals surface area contributed by atoms with Crippen LogP contribution in [0.25, 0.3) is 11.0 Å². The number of carbonyl (C=O) groups is 1. The van der Waals surface area contributed by atoms with Gasteiger partial charge in [0.2, 0.25) is 5.91 Å². The molecule has 0 saturated carbocycles. The highest BCUT2D eigenvalue weighted by molar-refractivity contribution is 8.00. The predicted molar refractivity (Wildman–Crippen MR) is 89.7 cm³/mol. The first-order valence-electron chi connectivity index (χ1n) is 7.12. The van der Waals surface area contributed by atoms with Crippen molar-refractivity contribution in [1.29, 1.82) is 0 Å². The molecule has 2 aromatic heterocycles. The quantitative estimate of drug-likeness (QED) is 0.580. The van der Waals surface area contributed by atoms with Crippen molar-refractivity contribution in [2.45, 2.75) is 5.37 Å². The maximum atomic E-state index is 12.4. The fourth-order valence-electron chi connectivity index (χ4n) is 2.68. The predicted octanol–water partition coefficient (Wildman–Crippen LogP) is 2.64. The lowest BCUT2D eigenvalue weighted by molar-refractivity contribution is -0.384. The Morgan fingerprint density at radius 1 is 1.29 bits per heavy atom. The van der Waals surface area contributed by atoms with Gasteiger partial charge in [-0.05, 0) is 29.8 Å².